The van der Waals surface area contributed by atoms with Crippen LogP contribution in [0.2, 0.25) is 0 Å². The highest BCUT2D eigenvalue weighted by Crippen LogP contribution is 2.22. The van der Waals surface area contributed by atoms with E-state index in [1.807, 2.05) is 11.1 Å². The minimum atomic E-state index is -0.556. The fourth-order valence-electron chi connectivity index (χ4n) is 3.00. The van der Waals surface area contributed by atoms with Crippen molar-refractivity contribution in [3.8, 4) is 11.8 Å². The lowest BCUT2D eigenvalue weighted by atomic mass is 10.0. The Bertz CT molecular complexity index is 718. The minimum absolute atomic E-state index is 0.0100. The van der Waals surface area contributed by atoms with Gasteiger partial charge in [-0.2, -0.15) is 5.26 Å². The number of likely N-dealkylation sites (tertiary alicyclic amines) is 1. The maximum absolute atomic E-state index is 12.7. The van der Waals surface area contributed by atoms with Crippen LogP contribution in [-0.2, 0) is 4.79 Å². The van der Waals surface area contributed by atoms with Gasteiger partial charge in [-0.15, -0.1) is 0 Å². The number of aromatic nitrogens is 2. The molecule has 1 aromatic heterocycles. The third-order valence-electron chi connectivity index (χ3n) is 4.30. The van der Waals surface area contributed by atoms with Gasteiger partial charge in [0.1, 0.15) is 5.75 Å². The number of hydrogen-bond acceptors (Lipinski definition) is 4. The highest BCUT2D eigenvalue weighted by Gasteiger charge is 2.28. The largest absolute Gasteiger partial charge is 0.481 e. The SMILES string of the molecule is C[C@@H](Oc1ccc(C#N)cc1)C(=O)N1CCC[C@H](n2ccnc2)C1. The van der Waals surface area contributed by atoms with E-state index in [2.05, 4.69) is 15.6 Å². The predicted octanol–water partition coefficient (Wildman–Crippen LogP) is 2.39. The first kappa shape index (κ1) is 16.1. The molecule has 0 radical (unpaired) electrons. The van der Waals surface area contributed by atoms with Gasteiger partial charge in [-0.3, -0.25) is 4.79 Å². The summed E-state index contributed by atoms with van der Waals surface area (Å²) in [4.78, 5) is 18.6. The Labute approximate surface area is 141 Å². The van der Waals surface area contributed by atoms with E-state index in [-0.39, 0.29) is 11.9 Å². The number of nitriles is 1. The van der Waals surface area contributed by atoms with E-state index in [9.17, 15) is 4.79 Å². The van der Waals surface area contributed by atoms with Crippen molar-refractivity contribution in [1.29, 1.82) is 5.26 Å². The summed E-state index contributed by atoms with van der Waals surface area (Å²) in [5.41, 5.74) is 0.570. The first-order valence-corrected chi connectivity index (χ1v) is 8.10. The Hall–Kier alpha value is -2.81. The molecule has 2 atom stereocenters. The van der Waals surface area contributed by atoms with Crippen LogP contribution >= 0.6 is 0 Å². The van der Waals surface area contributed by atoms with Gasteiger partial charge < -0.3 is 14.2 Å². The molecule has 0 saturated carbocycles. The summed E-state index contributed by atoms with van der Waals surface area (Å²) < 4.78 is 7.80. The molecule has 6 heteroatoms. The molecule has 2 aromatic rings. The number of carbonyl (C=O) groups excluding carboxylic acids is 1. The van der Waals surface area contributed by atoms with Crippen LogP contribution in [0.4, 0.5) is 0 Å². The highest BCUT2D eigenvalue weighted by atomic mass is 16.5. The number of amides is 1. The molecule has 1 aliphatic heterocycles. The second kappa shape index (κ2) is 7.18. The first-order chi connectivity index (χ1) is 11.7. The zero-order valence-electron chi connectivity index (χ0n) is 13.6. The lowest BCUT2D eigenvalue weighted by Crippen LogP contribution is -2.46. The average molecular weight is 324 g/mol. The van der Waals surface area contributed by atoms with E-state index in [0.29, 0.717) is 17.9 Å². The molecule has 1 saturated heterocycles. The molecule has 0 spiro atoms. The zero-order valence-corrected chi connectivity index (χ0v) is 13.6. The molecular weight excluding hydrogens is 304 g/mol. The summed E-state index contributed by atoms with van der Waals surface area (Å²) in [6, 6.07) is 9.13. The second-order valence-electron chi connectivity index (χ2n) is 5.99. The number of nitrogens with zero attached hydrogens (tertiary/aromatic N) is 4. The highest BCUT2D eigenvalue weighted by molar-refractivity contribution is 5.81. The zero-order chi connectivity index (χ0) is 16.9. The molecule has 1 aromatic carbocycles. The molecule has 0 aliphatic carbocycles. The van der Waals surface area contributed by atoms with E-state index in [1.54, 1.807) is 43.7 Å². The molecule has 1 aliphatic rings. The molecule has 1 fully saturated rings. The van der Waals surface area contributed by atoms with E-state index >= 15 is 0 Å². The number of benzene rings is 1. The van der Waals surface area contributed by atoms with Gasteiger partial charge in [0, 0.05) is 25.5 Å². The van der Waals surface area contributed by atoms with Crippen molar-refractivity contribution in [2.24, 2.45) is 0 Å². The van der Waals surface area contributed by atoms with Crippen molar-refractivity contribution < 1.29 is 9.53 Å². The van der Waals surface area contributed by atoms with Gasteiger partial charge in [-0.05, 0) is 44.0 Å². The number of ether oxygens (including phenoxy) is 1. The average Bonchev–Trinajstić information content (AvgIpc) is 3.16. The second-order valence-corrected chi connectivity index (χ2v) is 5.99. The fraction of sp³-hybridized carbons (Fsp3) is 0.389. The van der Waals surface area contributed by atoms with Gasteiger partial charge in [0.05, 0.1) is 24.0 Å². The van der Waals surface area contributed by atoms with Crippen LogP contribution in [0, 0.1) is 11.3 Å². The van der Waals surface area contributed by atoms with Crippen LogP contribution in [0.5, 0.6) is 5.75 Å². The lowest BCUT2D eigenvalue weighted by molar-refractivity contribution is -0.139. The Morgan fingerprint density at radius 1 is 1.42 bits per heavy atom. The van der Waals surface area contributed by atoms with Crippen LogP contribution in [0.15, 0.2) is 43.0 Å². The number of piperidine rings is 1. The maximum Gasteiger partial charge on any atom is 0.263 e. The van der Waals surface area contributed by atoms with Gasteiger partial charge >= 0.3 is 0 Å². The molecule has 2 heterocycles. The number of imidazole rings is 1. The van der Waals surface area contributed by atoms with Crippen LogP contribution in [0.3, 0.4) is 0 Å². The molecule has 0 N–H and O–H groups in total. The van der Waals surface area contributed by atoms with Crippen molar-refractivity contribution in [2.45, 2.75) is 31.9 Å². The summed E-state index contributed by atoms with van der Waals surface area (Å²) in [5, 5.41) is 8.81. The van der Waals surface area contributed by atoms with Crippen LogP contribution in [-0.4, -0.2) is 39.6 Å². The van der Waals surface area contributed by atoms with E-state index in [0.717, 1.165) is 19.4 Å². The summed E-state index contributed by atoms with van der Waals surface area (Å²) in [6.07, 6.45) is 6.96. The summed E-state index contributed by atoms with van der Waals surface area (Å²) in [7, 11) is 0. The van der Waals surface area contributed by atoms with Crippen molar-refractivity contribution in [1.82, 2.24) is 14.5 Å². The van der Waals surface area contributed by atoms with Crippen molar-refractivity contribution in [2.75, 3.05) is 13.1 Å². The standard InChI is InChI=1S/C18H20N4O2/c1-14(24-17-6-4-15(11-19)5-7-17)18(23)21-9-2-3-16(12-21)22-10-8-20-13-22/h4-8,10,13-14,16H,2-3,9,12H2,1H3/t14-,16+/m1/s1. The third kappa shape index (κ3) is 3.57. The number of carbonyl (C=O) groups is 1. The Balaban J connectivity index is 1.61. The van der Waals surface area contributed by atoms with Gasteiger partial charge in [0.25, 0.3) is 5.91 Å². The molecule has 3 rings (SSSR count). The molecule has 124 valence electrons. The van der Waals surface area contributed by atoms with Crippen LogP contribution in [0.1, 0.15) is 31.4 Å². The van der Waals surface area contributed by atoms with Crippen molar-refractivity contribution in [3.05, 3.63) is 48.5 Å². The molecule has 0 bridgehead atoms. The van der Waals surface area contributed by atoms with Crippen LogP contribution in [0.25, 0.3) is 0 Å². The van der Waals surface area contributed by atoms with E-state index in [4.69, 9.17) is 10.00 Å². The maximum atomic E-state index is 12.7. The van der Waals surface area contributed by atoms with E-state index in [1.165, 1.54) is 0 Å². The molecule has 0 unspecified atom stereocenters. The smallest absolute Gasteiger partial charge is 0.263 e. The lowest BCUT2D eigenvalue weighted by Gasteiger charge is -2.34. The Morgan fingerprint density at radius 2 is 2.21 bits per heavy atom. The molecule has 6 nitrogen and oxygen atoms in total. The summed E-state index contributed by atoms with van der Waals surface area (Å²) in [6.45, 7) is 3.20. The predicted molar refractivity (Wildman–Crippen MR) is 88.3 cm³/mol. The Kier molecular flexibility index (Phi) is 4.80. The minimum Gasteiger partial charge on any atom is -0.481 e. The quantitative estimate of drug-likeness (QED) is 0.866. The topological polar surface area (TPSA) is 71.2 Å². The normalized spacial score (nSPS) is 18.7. The van der Waals surface area contributed by atoms with Crippen LogP contribution < -0.4 is 4.74 Å². The number of hydrogen-bond donors (Lipinski definition) is 0. The molecule has 24 heavy (non-hydrogen) atoms. The summed E-state index contributed by atoms with van der Waals surface area (Å²) in [5.74, 6) is 0.585. The molecular formula is C18H20N4O2. The summed E-state index contributed by atoms with van der Waals surface area (Å²) >= 11 is 0. The third-order valence-corrected chi connectivity index (χ3v) is 4.30. The van der Waals surface area contributed by atoms with Gasteiger partial charge in [-0.25, -0.2) is 4.98 Å². The van der Waals surface area contributed by atoms with Crippen molar-refractivity contribution >= 4 is 5.91 Å². The van der Waals surface area contributed by atoms with Gasteiger partial charge in [-0.1, -0.05) is 0 Å². The molecule has 1 amide bonds. The van der Waals surface area contributed by atoms with Gasteiger partial charge in [0.15, 0.2) is 6.10 Å². The fourth-order valence-corrected chi connectivity index (χ4v) is 3.00. The van der Waals surface area contributed by atoms with Gasteiger partial charge in [0.2, 0.25) is 0 Å². The van der Waals surface area contributed by atoms with Crippen molar-refractivity contribution in [3.63, 3.8) is 0 Å². The first-order valence-electron chi connectivity index (χ1n) is 8.10. The number of rotatable bonds is 4. The Morgan fingerprint density at radius 3 is 2.88 bits per heavy atom. The monoisotopic (exact) mass is 324 g/mol. The van der Waals surface area contributed by atoms with E-state index < -0.39 is 6.10 Å².